The summed E-state index contributed by atoms with van der Waals surface area (Å²) in [4.78, 5) is 15.6. The summed E-state index contributed by atoms with van der Waals surface area (Å²) in [5.41, 5.74) is 2.08. The van der Waals surface area contributed by atoms with Gasteiger partial charge in [0, 0.05) is 32.1 Å². The molecule has 4 heterocycles. The summed E-state index contributed by atoms with van der Waals surface area (Å²) in [6, 6.07) is 1.87. The van der Waals surface area contributed by atoms with E-state index in [9.17, 15) is 4.79 Å². The topological polar surface area (TPSA) is 89.9 Å². The van der Waals surface area contributed by atoms with Gasteiger partial charge in [-0.15, -0.1) is 5.10 Å². The van der Waals surface area contributed by atoms with E-state index in [2.05, 4.69) is 19.8 Å². The molecular formula is C16H17ClN6O2S. The average Bonchev–Trinajstić information content (AvgIpc) is 3.35. The number of piperidine rings is 1. The minimum Gasteiger partial charge on any atom is -0.355 e. The molecule has 1 fully saturated rings. The number of halogens is 1. The molecule has 1 saturated heterocycles. The van der Waals surface area contributed by atoms with Gasteiger partial charge < -0.3 is 9.42 Å². The van der Waals surface area contributed by atoms with Crippen molar-refractivity contribution in [3.63, 3.8) is 0 Å². The highest BCUT2D eigenvalue weighted by atomic mass is 35.5. The number of hydrogen-bond acceptors (Lipinski definition) is 7. The molecule has 26 heavy (non-hydrogen) atoms. The van der Waals surface area contributed by atoms with Crippen molar-refractivity contribution in [1.29, 1.82) is 0 Å². The van der Waals surface area contributed by atoms with Gasteiger partial charge in [0.2, 0.25) is 0 Å². The maximum Gasteiger partial charge on any atom is 0.273 e. The molecule has 4 rings (SSSR count). The van der Waals surface area contributed by atoms with E-state index in [-0.39, 0.29) is 11.8 Å². The van der Waals surface area contributed by atoms with Gasteiger partial charge in [-0.05, 0) is 31.3 Å². The van der Waals surface area contributed by atoms with Crippen LogP contribution < -0.4 is 0 Å². The average molecular weight is 393 g/mol. The first kappa shape index (κ1) is 17.2. The molecule has 3 aromatic heterocycles. The highest BCUT2D eigenvalue weighted by Crippen LogP contribution is 2.36. The van der Waals surface area contributed by atoms with Crippen LogP contribution >= 0.6 is 23.1 Å². The third kappa shape index (κ3) is 3.01. The number of carbonyl (C=O) groups excluding carboxylic acids is 1. The van der Waals surface area contributed by atoms with Crippen molar-refractivity contribution in [2.24, 2.45) is 7.05 Å². The van der Waals surface area contributed by atoms with Crippen LogP contribution in [-0.2, 0) is 7.05 Å². The molecule has 1 atom stereocenters. The smallest absolute Gasteiger partial charge is 0.273 e. The Morgan fingerprint density at radius 3 is 3.00 bits per heavy atom. The van der Waals surface area contributed by atoms with Crippen LogP contribution in [0.1, 0.15) is 40.6 Å². The highest BCUT2D eigenvalue weighted by Gasteiger charge is 2.31. The quantitative estimate of drug-likeness (QED) is 0.680. The first-order chi connectivity index (χ1) is 12.5. The van der Waals surface area contributed by atoms with Gasteiger partial charge in [-0.25, -0.2) is 0 Å². The second-order valence-electron chi connectivity index (χ2n) is 6.37. The summed E-state index contributed by atoms with van der Waals surface area (Å²) in [6.45, 7) is 3.12. The number of aromatic nitrogens is 5. The highest BCUT2D eigenvalue weighted by molar-refractivity contribution is 7.09. The van der Waals surface area contributed by atoms with Gasteiger partial charge in [-0.3, -0.25) is 9.48 Å². The Morgan fingerprint density at radius 1 is 1.46 bits per heavy atom. The molecule has 8 nitrogen and oxygen atoms in total. The van der Waals surface area contributed by atoms with Gasteiger partial charge in [0.15, 0.2) is 5.76 Å². The van der Waals surface area contributed by atoms with Crippen LogP contribution in [0.2, 0.25) is 5.02 Å². The minimum absolute atomic E-state index is 0.0962. The van der Waals surface area contributed by atoms with E-state index in [1.807, 2.05) is 17.9 Å². The Labute approximate surface area is 158 Å². The van der Waals surface area contributed by atoms with Crippen molar-refractivity contribution in [3.8, 4) is 10.6 Å². The fourth-order valence-corrected chi connectivity index (χ4v) is 4.24. The van der Waals surface area contributed by atoms with Crippen molar-refractivity contribution >= 4 is 29.0 Å². The Kier molecular flexibility index (Phi) is 4.49. The van der Waals surface area contributed by atoms with E-state index in [0.29, 0.717) is 29.6 Å². The van der Waals surface area contributed by atoms with Crippen LogP contribution in [0.4, 0.5) is 0 Å². The van der Waals surface area contributed by atoms with Crippen LogP contribution in [0.3, 0.4) is 0 Å². The maximum atomic E-state index is 12.9. The zero-order valence-electron chi connectivity index (χ0n) is 14.3. The van der Waals surface area contributed by atoms with Crippen LogP contribution in [-0.4, -0.2) is 48.4 Å². The summed E-state index contributed by atoms with van der Waals surface area (Å²) in [5, 5.41) is 12.7. The lowest BCUT2D eigenvalue weighted by Gasteiger charge is -2.32. The zero-order chi connectivity index (χ0) is 18.3. The number of likely N-dealkylation sites (tertiary alicyclic amines) is 1. The molecule has 3 aromatic rings. The van der Waals surface area contributed by atoms with Crippen LogP contribution in [0.25, 0.3) is 10.6 Å². The Balaban J connectivity index is 1.59. The van der Waals surface area contributed by atoms with Gasteiger partial charge in [0.1, 0.15) is 10.6 Å². The summed E-state index contributed by atoms with van der Waals surface area (Å²) in [6.07, 6.45) is 3.32. The van der Waals surface area contributed by atoms with Crippen molar-refractivity contribution in [2.45, 2.75) is 25.7 Å². The largest absolute Gasteiger partial charge is 0.355 e. The van der Waals surface area contributed by atoms with E-state index in [4.69, 9.17) is 16.1 Å². The first-order valence-corrected chi connectivity index (χ1v) is 9.42. The Hall–Kier alpha value is -2.26. The zero-order valence-corrected chi connectivity index (χ0v) is 15.9. The van der Waals surface area contributed by atoms with Crippen LogP contribution in [0, 0.1) is 6.92 Å². The van der Waals surface area contributed by atoms with Gasteiger partial charge >= 0.3 is 0 Å². The second kappa shape index (κ2) is 6.81. The molecule has 1 amide bonds. The fraction of sp³-hybridized carbons (Fsp3) is 0.438. The van der Waals surface area contributed by atoms with Crippen molar-refractivity contribution in [1.82, 2.24) is 29.4 Å². The van der Waals surface area contributed by atoms with Crippen LogP contribution in [0.15, 0.2) is 16.8 Å². The van der Waals surface area contributed by atoms with Gasteiger partial charge in [-0.1, -0.05) is 21.2 Å². The minimum atomic E-state index is -0.111. The lowest BCUT2D eigenvalue weighted by molar-refractivity contribution is 0.0695. The molecule has 1 aliphatic heterocycles. The Morgan fingerprint density at radius 2 is 2.31 bits per heavy atom. The molecule has 0 aromatic carbocycles. The number of nitrogens with zero attached hydrogens (tertiary/aromatic N) is 6. The van der Waals surface area contributed by atoms with Gasteiger partial charge in [0.05, 0.1) is 22.6 Å². The number of hydrogen-bond donors (Lipinski definition) is 0. The van der Waals surface area contributed by atoms with E-state index in [1.165, 1.54) is 22.4 Å². The van der Waals surface area contributed by atoms with E-state index < -0.39 is 0 Å². The van der Waals surface area contributed by atoms with Gasteiger partial charge in [-0.2, -0.15) is 5.10 Å². The molecule has 0 radical (unpaired) electrons. The molecule has 1 aliphatic rings. The molecule has 136 valence electrons. The number of carbonyl (C=O) groups is 1. The number of aryl methyl sites for hydroxylation is 2. The summed E-state index contributed by atoms with van der Waals surface area (Å²) in [7, 11) is 1.72. The second-order valence-corrected chi connectivity index (χ2v) is 7.54. The molecule has 10 heteroatoms. The predicted octanol–water partition coefficient (Wildman–Crippen LogP) is 2.91. The first-order valence-electron chi connectivity index (χ1n) is 8.27. The summed E-state index contributed by atoms with van der Waals surface area (Å²) < 4.78 is 11.0. The van der Waals surface area contributed by atoms with E-state index in [1.54, 1.807) is 7.05 Å². The van der Waals surface area contributed by atoms with Crippen molar-refractivity contribution in [2.75, 3.05) is 13.1 Å². The predicted molar refractivity (Wildman–Crippen MR) is 96.2 cm³/mol. The molecule has 0 spiro atoms. The van der Waals surface area contributed by atoms with Crippen molar-refractivity contribution < 1.29 is 9.32 Å². The van der Waals surface area contributed by atoms with E-state index in [0.717, 1.165) is 29.1 Å². The SMILES string of the molecule is Cc1cc(-c2snnc2C2CCCN(C(=O)c3c(Cl)cnn3C)C2)on1. The number of amides is 1. The van der Waals surface area contributed by atoms with Gasteiger partial charge in [0.25, 0.3) is 5.91 Å². The fourth-order valence-electron chi connectivity index (χ4n) is 3.29. The normalized spacial score (nSPS) is 17.7. The Bertz CT molecular complexity index is 929. The standard InChI is InChI=1S/C16H17ClN6O2S/c1-9-6-12(25-20-9)15-13(19-21-26-15)10-4-3-5-23(8-10)16(24)14-11(17)7-18-22(14)2/h6-7,10H,3-5,8H2,1-2H3. The monoisotopic (exact) mass is 392 g/mol. The van der Waals surface area contributed by atoms with Crippen LogP contribution in [0.5, 0.6) is 0 Å². The molecule has 0 aliphatic carbocycles. The lowest BCUT2D eigenvalue weighted by Crippen LogP contribution is -2.40. The number of rotatable bonds is 3. The third-order valence-corrected chi connectivity index (χ3v) is 5.59. The van der Waals surface area contributed by atoms with E-state index >= 15 is 0 Å². The molecule has 0 N–H and O–H groups in total. The maximum absolute atomic E-state index is 12.9. The molecule has 0 bridgehead atoms. The molecular weight excluding hydrogens is 376 g/mol. The molecule has 0 saturated carbocycles. The third-order valence-electron chi connectivity index (χ3n) is 4.56. The summed E-state index contributed by atoms with van der Waals surface area (Å²) in [5.74, 6) is 0.657. The van der Waals surface area contributed by atoms with Crippen molar-refractivity contribution in [3.05, 3.63) is 34.4 Å². The molecule has 1 unspecified atom stereocenters. The lowest BCUT2D eigenvalue weighted by atomic mass is 9.93. The summed E-state index contributed by atoms with van der Waals surface area (Å²) >= 11 is 7.42.